The predicted octanol–water partition coefficient (Wildman–Crippen LogP) is 8.91. The van der Waals surface area contributed by atoms with Gasteiger partial charge in [0.15, 0.2) is 0 Å². The number of benzene rings is 2. The first-order valence-electron chi connectivity index (χ1n) is 13.1. The van der Waals surface area contributed by atoms with Crippen molar-refractivity contribution in [3.05, 3.63) is 82.9 Å². The van der Waals surface area contributed by atoms with Crippen molar-refractivity contribution >= 4 is 0 Å². The molecule has 0 aliphatic heterocycles. The predicted molar refractivity (Wildman–Crippen MR) is 140 cm³/mol. The van der Waals surface area contributed by atoms with E-state index < -0.39 is 0 Å². The molecule has 1 saturated carbocycles. The minimum absolute atomic E-state index is 0.942. The quantitative estimate of drug-likeness (QED) is 0.202. The second kappa shape index (κ2) is 14.0. The van der Waals surface area contributed by atoms with Crippen molar-refractivity contribution in [2.24, 2.45) is 11.8 Å². The molecule has 0 nitrogen and oxygen atoms in total. The molecule has 0 aromatic heterocycles. The SMILES string of the molecule is C/C=C/CCc1ccc(C#Cc2ccc(CCC3CCC(CCCCC)CC3)cc2)cc1. The van der Waals surface area contributed by atoms with Crippen LogP contribution in [0.2, 0.25) is 0 Å². The molecule has 0 radical (unpaired) electrons. The summed E-state index contributed by atoms with van der Waals surface area (Å²) in [6.07, 6.45) is 20.7. The van der Waals surface area contributed by atoms with Gasteiger partial charge in [0.1, 0.15) is 0 Å². The zero-order chi connectivity index (χ0) is 22.4. The molecular weight excluding hydrogens is 384 g/mol. The molecule has 0 bridgehead atoms. The van der Waals surface area contributed by atoms with E-state index in [1.807, 2.05) is 0 Å². The van der Waals surface area contributed by atoms with Crippen molar-refractivity contribution in [2.45, 2.75) is 90.9 Å². The van der Waals surface area contributed by atoms with Crippen LogP contribution in [0.3, 0.4) is 0 Å². The average Bonchev–Trinajstić information content (AvgIpc) is 2.84. The largest absolute Gasteiger partial charge is 0.0917 e. The summed E-state index contributed by atoms with van der Waals surface area (Å²) in [7, 11) is 0. The van der Waals surface area contributed by atoms with E-state index in [9.17, 15) is 0 Å². The average molecular weight is 427 g/mol. The summed E-state index contributed by atoms with van der Waals surface area (Å²) in [5.74, 6) is 8.61. The highest BCUT2D eigenvalue weighted by Gasteiger charge is 2.20. The van der Waals surface area contributed by atoms with Gasteiger partial charge < -0.3 is 0 Å². The van der Waals surface area contributed by atoms with E-state index in [-0.39, 0.29) is 0 Å². The Morgan fingerprint density at radius 2 is 1.25 bits per heavy atom. The Kier molecular flexibility index (Phi) is 10.7. The molecule has 3 rings (SSSR count). The Hall–Kier alpha value is -2.26. The van der Waals surface area contributed by atoms with Crippen LogP contribution in [0, 0.1) is 23.7 Å². The standard InChI is InChI=1S/C32H42/c1-3-5-7-9-27-11-15-29(16-12-27)19-21-31-23-25-32(26-24-31)22-20-30-17-13-28(14-18-30)10-8-6-4-2/h3,5,11-12,15-16,23-26,28,30H,4,6-10,13-14,17-18,20,22H2,1-2H3/b5-3+. The molecule has 2 aromatic carbocycles. The van der Waals surface area contributed by atoms with E-state index in [4.69, 9.17) is 0 Å². The Morgan fingerprint density at radius 3 is 1.78 bits per heavy atom. The first-order chi connectivity index (χ1) is 15.8. The van der Waals surface area contributed by atoms with Crippen molar-refractivity contribution in [2.75, 3.05) is 0 Å². The second-order valence-electron chi connectivity index (χ2n) is 9.67. The summed E-state index contributed by atoms with van der Waals surface area (Å²) in [4.78, 5) is 0. The van der Waals surface area contributed by atoms with Gasteiger partial charge >= 0.3 is 0 Å². The van der Waals surface area contributed by atoms with Gasteiger partial charge in [-0.25, -0.2) is 0 Å². The van der Waals surface area contributed by atoms with Crippen molar-refractivity contribution in [1.29, 1.82) is 0 Å². The first-order valence-corrected chi connectivity index (χ1v) is 13.1. The topological polar surface area (TPSA) is 0 Å². The lowest BCUT2D eigenvalue weighted by molar-refractivity contribution is 0.249. The van der Waals surface area contributed by atoms with Crippen LogP contribution in [0.4, 0.5) is 0 Å². The van der Waals surface area contributed by atoms with Gasteiger partial charge in [-0.1, -0.05) is 107 Å². The molecule has 0 amide bonds. The summed E-state index contributed by atoms with van der Waals surface area (Å²) in [6, 6.07) is 17.6. The number of hydrogen-bond acceptors (Lipinski definition) is 0. The molecule has 0 heteroatoms. The molecule has 0 spiro atoms. The fourth-order valence-corrected chi connectivity index (χ4v) is 4.93. The van der Waals surface area contributed by atoms with Crippen LogP contribution in [-0.4, -0.2) is 0 Å². The third-order valence-corrected chi connectivity index (χ3v) is 7.12. The van der Waals surface area contributed by atoms with Crippen molar-refractivity contribution in [1.82, 2.24) is 0 Å². The summed E-state index contributed by atoms with van der Waals surface area (Å²) in [5, 5.41) is 0. The third kappa shape index (κ3) is 8.70. The molecule has 0 unspecified atom stereocenters. The monoisotopic (exact) mass is 426 g/mol. The van der Waals surface area contributed by atoms with Crippen molar-refractivity contribution in [3.8, 4) is 11.8 Å². The van der Waals surface area contributed by atoms with Crippen LogP contribution in [0.5, 0.6) is 0 Å². The number of rotatable bonds is 10. The third-order valence-electron chi connectivity index (χ3n) is 7.12. The highest BCUT2D eigenvalue weighted by molar-refractivity contribution is 5.44. The molecule has 32 heavy (non-hydrogen) atoms. The fraction of sp³-hybridized carbons (Fsp3) is 0.500. The zero-order valence-corrected chi connectivity index (χ0v) is 20.4. The van der Waals surface area contributed by atoms with Gasteiger partial charge in [0.2, 0.25) is 0 Å². The number of aryl methyl sites for hydroxylation is 2. The summed E-state index contributed by atoms with van der Waals surface area (Å²) >= 11 is 0. The normalized spacial score (nSPS) is 18.4. The van der Waals surface area contributed by atoms with E-state index in [0.717, 1.165) is 35.8 Å². The van der Waals surface area contributed by atoms with E-state index in [0.29, 0.717) is 0 Å². The Labute approximate surface area is 197 Å². The first kappa shape index (κ1) is 24.4. The molecule has 0 N–H and O–H groups in total. The van der Waals surface area contributed by atoms with Crippen LogP contribution in [-0.2, 0) is 12.8 Å². The highest BCUT2D eigenvalue weighted by Crippen LogP contribution is 2.34. The molecule has 170 valence electrons. The van der Waals surface area contributed by atoms with Gasteiger partial charge in [0.25, 0.3) is 0 Å². The van der Waals surface area contributed by atoms with Crippen LogP contribution < -0.4 is 0 Å². The van der Waals surface area contributed by atoms with Gasteiger partial charge in [-0.15, -0.1) is 0 Å². The molecule has 0 saturated heterocycles. The van der Waals surface area contributed by atoms with E-state index >= 15 is 0 Å². The summed E-state index contributed by atoms with van der Waals surface area (Å²) in [6.45, 7) is 4.38. The summed E-state index contributed by atoms with van der Waals surface area (Å²) < 4.78 is 0. The maximum atomic E-state index is 3.33. The van der Waals surface area contributed by atoms with Crippen LogP contribution >= 0.6 is 0 Å². The zero-order valence-electron chi connectivity index (χ0n) is 20.4. The van der Waals surface area contributed by atoms with E-state index in [1.54, 1.807) is 0 Å². The number of hydrogen-bond donors (Lipinski definition) is 0. The smallest absolute Gasteiger partial charge is 0.0249 e. The minimum Gasteiger partial charge on any atom is -0.0917 e. The van der Waals surface area contributed by atoms with Gasteiger partial charge in [0, 0.05) is 11.1 Å². The molecular formula is C32H42. The van der Waals surface area contributed by atoms with Gasteiger partial charge in [-0.05, 0) is 79.8 Å². The lowest BCUT2D eigenvalue weighted by Crippen LogP contribution is -2.15. The lowest BCUT2D eigenvalue weighted by Gasteiger charge is -2.28. The molecule has 1 fully saturated rings. The fourth-order valence-electron chi connectivity index (χ4n) is 4.93. The Morgan fingerprint density at radius 1 is 0.719 bits per heavy atom. The number of unbranched alkanes of at least 4 members (excludes halogenated alkanes) is 2. The Bertz CT molecular complexity index is 849. The molecule has 1 aliphatic carbocycles. The van der Waals surface area contributed by atoms with Gasteiger partial charge in [0.05, 0.1) is 0 Å². The van der Waals surface area contributed by atoms with Gasteiger partial charge in [-0.3, -0.25) is 0 Å². The number of allylic oxidation sites excluding steroid dienone is 2. The van der Waals surface area contributed by atoms with Crippen molar-refractivity contribution < 1.29 is 0 Å². The van der Waals surface area contributed by atoms with Crippen LogP contribution in [0.15, 0.2) is 60.7 Å². The highest BCUT2D eigenvalue weighted by atomic mass is 14.3. The maximum absolute atomic E-state index is 3.33. The van der Waals surface area contributed by atoms with Crippen molar-refractivity contribution in [3.63, 3.8) is 0 Å². The van der Waals surface area contributed by atoms with Crippen LogP contribution in [0.1, 0.15) is 100 Å². The molecule has 2 aromatic rings. The Balaban J connectivity index is 1.40. The second-order valence-corrected chi connectivity index (χ2v) is 9.67. The maximum Gasteiger partial charge on any atom is 0.0249 e. The molecule has 1 aliphatic rings. The van der Waals surface area contributed by atoms with Gasteiger partial charge in [-0.2, -0.15) is 0 Å². The minimum atomic E-state index is 0.942. The molecule has 0 atom stereocenters. The van der Waals surface area contributed by atoms with Crippen LogP contribution in [0.25, 0.3) is 0 Å². The molecule has 0 heterocycles. The van der Waals surface area contributed by atoms with E-state index in [1.165, 1.54) is 75.3 Å². The summed E-state index contributed by atoms with van der Waals surface area (Å²) in [5.41, 5.74) is 5.04. The lowest BCUT2D eigenvalue weighted by atomic mass is 9.78. The van der Waals surface area contributed by atoms with E-state index in [2.05, 4.69) is 86.4 Å².